The number of aromatic nitrogens is 2. The number of hydrogen-bond donors (Lipinski definition) is 1. The van der Waals surface area contributed by atoms with E-state index in [1.54, 1.807) is 0 Å². The summed E-state index contributed by atoms with van der Waals surface area (Å²) in [6.45, 7) is 6.02. The van der Waals surface area contributed by atoms with Gasteiger partial charge in [-0.2, -0.15) is 0 Å². The summed E-state index contributed by atoms with van der Waals surface area (Å²) in [5, 5.41) is 0. The molecule has 2 rings (SSSR count). The van der Waals surface area contributed by atoms with Crippen LogP contribution < -0.4 is 5.73 Å². The topological polar surface area (TPSA) is 50.3 Å². The van der Waals surface area contributed by atoms with E-state index in [-0.39, 0.29) is 0 Å². The van der Waals surface area contributed by atoms with Crippen molar-refractivity contribution < 1.29 is 0 Å². The van der Waals surface area contributed by atoms with E-state index in [1.165, 1.54) is 18.5 Å². The van der Waals surface area contributed by atoms with Crippen LogP contribution in [0, 0.1) is 0 Å². The molecule has 0 saturated carbocycles. The number of hydrogen-bond acceptors (Lipinski definition) is 4. The van der Waals surface area contributed by atoms with Gasteiger partial charge >= 0.3 is 0 Å². The molecule has 1 saturated heterocycles. The molecule has 108 valence electrons. The highest BCUT2D eigenvalue weighted by atomic mass is 15.2. The fourth-order valence-electron chi connectivity index (χ4n) is 3.04. The maximum absolute atomic E-state index is 6.02. The lowest BCUT2D eigenvalue weighted by molar-refractivity contribution is 0.107. The highest BCUT2D eigenvalue weighted by Crippen LogP contribution is 2.24. The van der Waals surface area contributed by atoms with Crippen molar-refractivity contribution in [3.8, 4) is 0 Å². The second-order valence-corrected chi connectivity index (χ2v) is 5.59. The molecule has 0 aliphatic carbocycles. The molecule has 5 heteroatoms. The second kappa shape index (κ2) is 6.50. The van der Waals surface area contributed by atoms with Gasteiger partial charge in [-0.25, -0.2) is 4.98 Å². The molecule has 1 fully saturated rings. The predicted molar refractivity (Wildman–Crippen MR) is 78.0 cm³/mol. The fraction of sp³-hybridized carbons (Fsp3) is 0.786. The lowest BCUT2D eigenvalue weighted by atomic mass is 10.0. The number of aryl methyl sites for hydroxylation is 1. The lowest BCUT2D eigenvalue weighted by Crippen LogP contribution is -2.45. The lowest BCUT2D eigenvalue weighted by Gasteiger charge is -2.39. The molecule has 0 amide bonds. The first-order chi connectivity index (χ1) is 9.17. The average molecular weight is 265 g/mol. The summed E-state index contributed by atoms with van der Waals surface area (Å²) in [7, 11) is 4.35. The molecule has 1 aliphatic rings. The minimum absolute atomic E-state index is 0.311. The largest absolute Gasteiger partial charge is 0.333 e. The Morgan fingerprint density at radius 3 is 2.63 bits per heavy atom. The summed E-state index contributed by atoms with van der Waals surface area (Å²) >= 11 is 0. The Balaban J connectivity index is 2.04. The van der Waals surface area contributed by atoms with E-state index in [4.69, 9.17) is 5.73 Å². The van der Waals surface area contributed by atoms with Crippen molar-refractivity contribution in [2.75, 3.05) is 33.7 Å². The van der Waals surface area contributed by atoms with Gasteiger partial charge in [0.25, 0.3) is 0 Å². The second-order valence-electron chi connectivity index (χ2n) is 5.59. The number of piperidine rings is 1. The quantitative estimate of drug-likeness (QED) is 0.860. The molecule has 0 bridgehead atoms. The SMILES string of the molecule is CCn1cncc1C(CN)N1CCC(N(C)C)CC1. The Morgan fingerprint density at radius 2 is 2.11 bits per heavy atom. The Labute approximate surface area is 116 Å². The van der Waals surface area contributed by atoms with E-state index in [0.29, 0.717) is 18.6 Å². The van der Waals surface area contributed by atoms with Crippen LogP contribution in [0.15, 0.2) is 12.5 Å². The monoisotopic (exact) mass is 265 g/mol. The number of nitrogens with two attached hydrogens (primary N) is 1. The first-order valence-electron chi connectivity index (χ1n) is 7.28. The Bertz CT molecular complexity index is 379. The fourth-order valence-corrected chi connectivity index (χ4v) is 3.04. The molecule has 2 heterocycles. The third-order valence-electron chi connectivity index (χ3n) is 4.32. The van der Waals surface area contributed by atoms with E-state index in [0.717, 1.165) is 19.6 Å². The van der Waals surface area contributed by atoms with Crippen molar-refractivity contribution in [2.24, 2.45) is 5.73 Å². The van der Waals surface area contributed by atoms with Crippen molar-refractivity contribution in [2.45, 2.75) is 38.4 Å². The van der Waals surface area contributed by atoms with Crippen LogP contribution in [0.2, 0.25) is 0 Å². The van der Waals surface area contributed by atoms with Crippen LogP contribution in [0.4, 0.5) is 0 Å². The smallest absolute Gasteiger partial charge is 0.0948 e. The van der Waals surface area contributed by atoms with Crippen molar-refractivity contribution >= 4 is 0 Å². The molecule has 0 spiro atoms. The summed E-state index contributed by atoms with van der Waals surface area (Å²) in [5.41, 5.74) is 7.28. The number of likely N-dealkylation sites (tertiary alicyclic amines) is 1. The Kier molecular flexibility index (Phi) is 4.96. The van der Waals surface area contributed by atoms with Gasteiger partial charge < -0.3 is 15.2 Å². The van der Waals surface area contributed by atoms with Gasteiger partial charge in [-0.05, 0) is 33.9 Å². The van der Waals surface area contributed by atoms with Gasteiger partial charge in [0.15, 0.2) is 0 Å². The van der Waals surface area contributed by atoms with Gasteiger partial charge in [-0.1, -0.05) is 0 Å². The first-order valence-corrected chi connectivity index (χ1v) is 7.28. The van der Waals surface area contributed by atoms with Gasteiger partial charge in [0.2, 0.25) is 0 Å². The molecular weight excluding hydrogens is 238 g/mol. The van der Waals surface area contributed by atoms with Crippen LogP contribution in [-0.4, -0.2) is 59.1 Å². The van der Waals surface area contributed by atoms with E-state index in [2.05, 4.69) is 40.4 Å². The van der Waals surface area contributed by atoms with Crippen molar-refractivity contribution in [1.29, 1.82) is 0 Å². The Morgan fingerprint density at radius 1 is 1.42 bits per heavy atom. The molecule has 0 radical (unpaired) electrons. The summed E-state index contributed by atoms with van der Waals surface area (Å²) in [4.78, 5) is 9.13. The van der Waals surface area contributed by atoms with Gasteiger partial charge in [-0.3, -0.25) is 4.90 Å². The van der Waals surface area contributed by atoms with Crippen LogP contribution in [0.1, 0.15) is 31.5 Å². The van der Waals surface area contributed by atoms with Crippen LogP contribution in [0.3, 0.4) is 0 Å². The maximum atomic E-state index is 6.02. The normalized spacial score (nSPS) is 20.1. The molecular formula is C14H27N5. The summed E-state index contributed by atoms with van der Waals surface area (Å²) in [6, 6.07) is 1.02. The van der Waals surface area contributed by atoms with Gasteiger partial charge in [0.1, 0.15) is 0 Å². The van der Waals surface area contributed by atoms with E-state index in [9.17, 15) is 0 Å². The van der Waals surface area contributed by atoms with Crippen molar-refractivity contribution in [1.82, 2.24) is 19.4 Å². The highest BCUT2D eigenvalue weighted by molar-refractivity contribution is 5.07. The van der Waals surface area contributed by atoms with Crippen molar-refractivity contribution in [3.63, 3.8) is 0 Å². The van der Waals surface area contributed by atoms with Gasteiger partial charge in [0, 0.05) is 38.4 Å². The minimum atomic E-state index is 0.311. The van der Waals surface area contributed by atoms with Gasteiger partial charge in [0.05, 0.1) is 18.1 Å². The number of imidazole rings is 1. The van der Waals surface area contributed by atoms with Gasteiger partial charge in [-0.15, -0.1) is 0 Å². The molecule has 1 aromatic rings. The van der Waals surface area contributed by atoms with E-state index in [1.807, 2.05) is 12.5 Å². The average Bonchev–Trinajstić information content (AvgIpc) is 2.88. The van der Waals surface area contributed by atoms with E-state index >= 15 is 0 Å². The van der Waals surface area contributed by atoms with Crippen LogP contribution >= 0.6 is 0 Å². The highest BCUT2D eigenvalue weighted by Gasteiger charge is 2.27. The summed E-state index contributed by atoms with van der Waals surface area (Å²) < 4.78 is 2.20. The number of rotatable bonds is 5. The standard InChI is InChI=1S/C14H27N5/c1-4-18-11-16-10-14(18)13(9-15)19-7-5-12(6-8-19)17(2)3/h10-13H,4-9,15H2,1-3H3. The molecule has 1 atom stereocenters. The van der Waals surface area contributed by atoms with E-state index < -0.39 is 0 Å². The summed E-state index contributed by atoms with van der Waals surface area (Å²) in [5.74, 6) is 0. The Hall–Kier alpha value is -0.910. The van der Waals surface area contributed by atoms with Crippen LogP contribution in [0.25, 0.3) is 0 Å². The molecule has 1 aromatic heterocycles. The zero-order chi connectivity index (χ0) is 13.8. The maximum Gasteiger partial charge on any atom is 0.0948 e. The third kappa shape index (κ3) is 3.16. The van der Waals surface area contributed by atoms with Crippen molar-refractivity contribution in [3.05, 3.63) is 18.2 Å². The van der Waals surface area contributed by atoms with Crippen LogP contribution in [-0.2, 0) is 6.54 Å². The molecule has 2 N–H and O–H groups in total. The molecule has 1 aliphatic heterocycles. The first kappa shape index (κ1) is 14.5. The molecule has 0 aromatic carbocycles. The minimum Gasteiger partial charge on any atom is -0.333 e. The number of nitrogens with zero attached hydrogens (tertiary/aromatic N) is 4. The zero-order valence-corrected chi connectivity index (χ0v) is 12.4. The molecule has 19 heavy (non-hydrogen) atoms. The predicted octanol–water partition coefficient (Wildman–Crippen LogP) is 0.929. The molecule has 1 unspecified atom stereocenters. The van der Waals surface area contributed by atoms with Crippen LogP contribution in [0.5, 0.6) is 0 Å². The summed E-state index contributed by atoms with van der Waals surface area (Å²) in [6.07, 6.45) is 6.33. The third-order valence-corrected chi connectivity index (χ3v) is 4.32. The zero-order valence-electron chi connectivity index (χ0n) is 12.4. The molecule has 5 nitrogen and oxygen atoms in total.